The van der Waals surface area contributed by atoms with Crippen molar-refractivity contribution in [3.05, 3.63) is 53.4 Å². The second kappa shape index (κ2) is 7.21. The van der Waals surface area contributed by atoms with Gasteiger partial charge in [0.1, 0.15) is 5.76 Å². The van der Waals surface area contributed by atoms with E-state index in [0.717, 1.165) is 50.4 Å². The summed E-state index contributed by atoms with van der Waals surface area (Å²) in [4.78, 5) is 14.8. The largest absolute Gasteiger partial charge is 0.373 e. The molecular formula is C20H25N3O3. The number of hydrogen-bond acceptors (Lipinski definition) is 5. The summed E-state index contributed by atoms with van der Waals surface area (Å²) in [5.74, 6) is 0.840. The lowest BCUT2D eigenvalue weighted by Gasteiger charge is -2.38. The van der Waals surface area contributed by atoms with Gasteiger partial charge < -0.3 is 14.6 Å². The molecule has 1 aromatic heterocycles. The molecule has 1 amide bonds. The van der Waals surface area contributed by atoms with Crippen LogP contribution in [-0.2, 0) is 11.3 Å². The molecule has 3 heterocycles. The van der Waals surface area contributed by atoms with Crippen molar-refractivity contribution in [3.8, 4) is 0 Å². The molecule has 0 bridgehead atoms. The lowest BCUT2D eigenvalue weighted by Crippen LogP contribution is -2.49. The summed E-state index contributed by atoms with van der Waals surface area (Å²) >= 11 is 0. The van der Waals surface area contributed by atoms with Crippen LogP contribution in [0.3, 0.4) is 0 Å². The van der Waals surface area contributed by atoms with E-state index in [2.05, 4.69) is 15.4 Å². The molecule has 2 aliphatic heterocycles. The van der Waals surface area contributed by atoms with Crippen molar-refractivity contribution in [1.82, 2.24) is 15.4 Å². The van der Waals surface area contributed by atoms with E-state index in [-0.39, 0.29) is 17.6 Å². The summed E-state index contributed by atoms with van der Waals surface area (Å²) in [5, 5.41) is 7.28. The van der Waals surface area contributed by atoms with Crippen LogP contribution in [0.5, 0.6) is 0 Å². The van der Waals surface area contributed by atoms with Gasteiger partial charge in [0.05, 0.1) is 11.3 Å². The van der Waals surface area contributed by atoms with Gasteiger partial charge in [-0.25, -0.2) is 0 Å². The van der Waals surface area contributed by atoms with E-state index in [1.54, 1.807) is 0 Å². The van der Waals surface area contributed by atoms with Gasteiger partial charge >= 0.3 is 0 Å². The molecule has 0 unspecified atom stereocenters. The lowest BCUT2D eigenvalue weighted by molar-refractivity contribution is -0.0793. The Morgan fingerprint density at radius 1 is 1.38 bits per heavy atom. The van der Waals surface area contributed by atoms with Gasteiger partial charge in [0, 0.05) is 43.9 Å². The number of carbonyl (C=O) groups excluding carboxylic acids is 1. The summed E-state index contributed by atoms with van der Waals surface area (Å²) in [7, 11) is 0. The van der Waals surface area contributed by atoms with Gasteiger partial charge in [-0.05, 0) is 38.3 Å². The number of likely N-dealkylation sites (tertiary alicyclic amines) is 1. The van der Waals surface area contributed by atoms with E-state index in [0.29, 0.717) is 12.2 Å². The van der Waals surface area contributed by atoms with Gasteiger partial charge in [-0.15, -0.1) is 0 Å². The van der Waals surface area contributed by atoms with Crippen LogP contribution in [0.25, 0.3) is 0 Å². The first-order valence-electron chi connectivity index (χ1n) is 9.26. The van der Waals surface area contributed by atoms with Crippen LogP contribution in [0.2, 0.25) is 0 Å². The average Bonchev–Trinajstić information content (AvgIpc) is 3.22. The van der Waals surface area contributed by atoms with E-state index < -0.39 is 0 Å². The second-order valence-corrected chi connectivity index (χ2v) is 7.45. The SMILES string of the molecule is Cc1cc(CN2CC[C@@]3(C[C@@H](NC(=O)c4ccccc4)CCO3)C2)no1. The Bertz CT molecular complexity index is 761. The molecule has 138 valence electrons. The maximum absolute atomic E-state index is 12.4. The highest BCUT2D eigenvalue weighted by Crippen LogP contribution is 2.35. The molecule has 1 N–H and O–H groups in total. The highest BCUT2D eigenvalue weighted by molar-refractivity contribution is 5.94. The summed E-state index contributed by atoms with van der Waals surface area (Å²) in [6.45, 7) is 5.23. The number of aryl methyl sites for hydroxylation is 1. The molecule has 0 radical (unpaired) electrons. The number of amides is 1. The lowest BCUT2D eigenvalue weighted by atomic mass is 9.89. The first-order valence-corrected chi connectivity index (χ1v) is 9.26. The van der Waals surface area contributed by atoms with Crippen LogP contribution in [0, 0.1) is 6.92 Å². The molecule has 2 aromatic rings. The minimum atomic E-state index is -0.161. The highest BCUT2D eigenvalue weighted by Gasteiger charge is 2.43. The summed E-state index contributed by atoms with van der Waals surface area (Å²) in [6, 6.07) is 11.5. The number of hydrogen-bond donors (Lipinski definition) is 1. The van der Waals surface area contributed by atoms with Gasteiger partial charge in [-0.2, -0.15) is 0 Å². The zero-order chi connectivity index (χ0) is 18.0. The Morgan fingerprint density at radius 3 is 3.00 bits per heavy atom. The van der Waals surface area contributed by atoms with Crippen molar-refractivity contribution in [3.63, 3.8) is 0 Å². The van der Waals surface area contributed by atoms with Crippen LogP contribution in [-0.4, -0.2) is 47.3 Å². The van der Waals surface area contributed by atoms with Crippen molar-refractivity contribution < 1.29 is 14.1 Å². The molecular weight excluding hydrogens is 330 g/mol. The second-order valence-electron chi connectivity index (χ2n) is 7.45. The molecule has 6 nitrogen and oxygen atoms in total. The van der Waals surface area contributed by atoms with Gasteiger partial charge in [0.2, 0.25) is 0 Å². The molecule has 2 atom stereocenters. The summed E-state index contributed by atoms with van der Waals surface area (Å²) in [6.07, 6.45) is 2.71. The zero-order valence-corrected chi connectivity index (χ0v) is 15.1. The number of aromatic nitrogens is 1. The topological polar surface area (TPSA) is 67.6 Å². The Hall–Kier alpha value is -2.18. The molecule has 0 saturated carbocycles. The number of nitrogens with zero attached hydrogens (tertiary/aromatic N) is 2. The maximum Gasteiger partial charge on any atom is 0.251 e. The van der Waals surface area contributed by atoms with E-state index >= 15 is 0 Å². The fraction of sp³-hybridized carbons (Fsp3) is 0.500. The first-order chi connectivity index (χ1) is 12.6. The van der Waals surface area contributed by atoms with Gasteiger partial charge in [-0.3, -0.25) is 9.69 Å². The van der Waals surface area contributed by atoms with Crippen molar-refractivity contribution in [2.24, 2.45) is 0 Å². The Morgan fingerprint density at radius 2 is 2.23 bits per heavy atom. The van der Waals surface area contributed by atoms with Crippen LogP contribution in [0.15, 0.2) is 40.9 Å². The molecule has 1 spiro atoms. The van der Waals surface area contributed by atoms with Crippen molar-refractivity contribution >= 4 is 5.91 Å². The number of rotatable bonds is 4. The molecule has 0 aliphatic carbocycles. The van der Waals surface area contributed by atoms with E-state index in [9.17, 15) is 4.79 Å². The average molecular weight is 355 g/mol. The van der Waals surface area contributed by atoms with Gasteiger partial charge in [-0.1, -0.05) is 23.4 Å². The van der Waals surface area contributed by atoms with Crippen LogP contribution < -0.4 is 5.32 Å². The number of benzene rings is 1. The molecule has 6 heteroatoms. The fourth-order valence-electron chi connectivity index (χ4n) is 4.08. The summed E-state index contributed by atoms with van der Waals surface area (Å²) < 4.78 is 11.3. The first kappa shape index (κ1) is 17.2. The Labute approximate surface area is 153 Å². The maximum atomic E-state index is 12.4. The standard InChI is InChI=1S/C20H25N3O3/c1-15-11-18(22-26-15)13-23-9-8-20(14-23)12-17(7-10-25-20)21-19(24)16-5-3-2-4-6-16/h2-6,11,17H,7-10,12-14H2,1H3,(H,21,24)/t17-,20+/m0/s1. The third-order valence-electron chi connectivity index (χ3n) is 5.32. The normalized spacial score (nSPS) is 26.3. The molecule has 2 saturated heterocycles. The number of ether oxygens (including phenoxy) is 1. The third-order valence-corrected chi connectivity index (χ3v) is 5.32. The fourth-order valence-corrected chi connectivity index (χ4v) is 4.08. The van der Waals surface area contributed by atoms with Crippen LogP contribution >= 0.6 is 0 Å². The molecule has 4 rings (SSSR count). The van der Waals surface area contributed by atoms with Crippen LogP contribution in [0.1, 0.15) is 41.1 Å². The van der Waals surface area contributed by atoms with Crippen molar-refractivity contribution in [1.29, 1.82) is 0 Å². The van der Waals surface area contributed by atoms with E-state index in [4.69, 9.17) is 9.26 Å². The van der Waals surface area contributed by atoms with Crippen molar-refractivity contribution in [2.75, 3.05) is 19.7 Å². The Kier molecular flexibility index (Phi) is 4.78. The van der Waals surface area contributed by atoms with E-state index in [1.807, 2.05) is 43.3 Å². The van der Waals surface area contributed by atoms with Crippen LogP contribution in [0.4, 0.5) is 0 Å². The molecule has 2 fully saturated rings. The highest BCUT2D eigenvalue weighted by atomic mass is 16.5. The van der Waals surface area contributed by atoms with Gasteiger partial charge in [0.25, 0.3) is 5.91 Å². The van der Waals surface area contributed by atoms with Crippen molar-refractivity contribution in [2.45, 2.75) is 44.4 Å². The molecule has 26 heavy (non-hydrogen) atoms. The quantitative estimate of drug-likeness (QED) is 0.913. The van der Waals surface area contributed by atoms with E-state index in [1.165, 1.54) is 0 Å². The van der Waals surface area contributed by atoms with Gasteiger partial charge in [0.15, 0.2) is 0 Å². The molecule has 2 aliphatic rings. The smallest absolute Gasteiger partial charge is 0.251 e. The minimum Gasteiger partial charge on any atom is -0.373 e. The monoisotopic (exact) mass is 355 g/mol. The predicted molar refractivity (Wildman–Crippen MR) is 96.7 cm³/mol. The Balaban J connectivity index is 1.35. The third kappa shape index (κ3) is 3.81. The molecule has 1 aromatic carbocycles. The number of carbonyl (C=O) groups is 1. The number of nitrogens with one attached hydrogen (secondary N) is 1. The predicted octanol–water partition coefficient (Wildman–Crippen LogP) is 2.54. The summed E-state index contributed by atoms with van der Waals surface area (Å²) in [5.41, 5.74) is 1.51. The minimum absolute atomic E-state index is 0.000533. The zero-order valence-electron chi connectivity index (χ0n) is 15.1.